The molecule has 0 saturated carbocycles. The molecule has 0 aromatic heterocycles. The maximum Gasteiger partial charge on any atom is 0.300 e. The Kier molecular flexibility index (Phi) is 5.21. The number of nitro groups is 2. The Bertz CT molecular complexity index is 1060. The fourth-order valence-electron chi connectivity index (χ4n) is 3.69. The summed E-state index contributed by atoms with van der Waals surface area (Å²) in [6, 6.07) is 8.62. The highest BCUT2D eigenvalue weighted by atomic mass is 16.6. The van der Waals surface area contributed by atoms with E-state index < -0.39 is 33.0 Å². The van der Waals surface area contributed by atoms with Gasteiger partial charge in [-0.25, -0.2) is 0 Å². The summed E-state index contributed by atoms with van der Waals surface area (Å²) in [4.78, 5) is 50.0. The predicted octanol–water partition coefficient (Wildman–Crippen LogP) is 1.94. The highest BCUT2D eigenvalue weighted by molar-refractivity contribution is 6.15. The van der Waals surface area contributed by atoms with Gasteiger partial charge in [-0.15, -0.1) is 0 Å². The summed E-state index contributed by atoms with van der Waals surface area (Å²) in [6.45, 7) is 0.718. The molecule has 160 valence electrons. The van der Waals surface area contributed by atoms with E-state index in [0.29, 0.717) is 11.4 Å². The van der Waals surface area contributed by atoms with Gasteiger partial charge in [0.15, 0.2) is 5.69 Å². The van der Waals surface area contributed by atoms with Gasteiger partial charge in [0.05, 0.1) is 40.0 Å². The van der Waals surface area contributed by atoms with Crippen molar-refractivity contribution in [1.29, 1.82) is 0 Å². The molecule has 2 aliphatic heterocycles. The van der Waals surface area contributed by atoms with Crippen LogP contribution in [0.15, 0.2) is 36.4 Å². The lowest BCUT2D eigenvalue weighted by Crippen LogP contribution is -2.42. The molecule has 1 saturated heterocycles. The number of fused-ring (bicyclic) bond motifs is 1. The smallest absolute Gasteiger partial charge is 0.300 e. The van der Waals surface area contributed by atoms with Gasteiger partial charge >= 0.3 is 0 Å². The summed E-state index contributed by atoms with van der Waals surface area (Å²) in [5.74, 6) is -1.19. The summed E-state index contributed by atoms with van der Waals surface area (Å²) in [6.07, 6.45) is 0. The van der Waals surface area contributed by atoms with Crippen molar-refractivity contribution in [3.8, 4) is 0 Å². The number of benzene rings is 2. The van der Waals surface area contributed by atoms with Crippen LogP contribution in [0.5, 0.6) is 0 Å². The minimum atomic E-state index is -0.748. The van der Waals surface area contributed by atoms with Crippen LogP contribution in [0.2, 0.25) is 0 Å². The normalized spacial score (nSPS) is 15.8. The Balaban J connectivity index is 1.82. The van der Waals surface area contributed by atoms with Crippen molar-refractivity contribution < 1.29 is 24.2 Å². The molecule has 12 nitrogen and oxygen atoms in total. The number of nitrogens with zero attached hydrogens (tertiary/aromatic N) is 4. The Hall–Kier alpha value is -4.06. The van der Waals surface area contributed by atoms with Crippen LogP contribution in [-0.4, -0.2) is 54.5 Å². The predicted molar refractivity (Wildman–Crippen MR) is 110 cm³/mol. The van der Waals surface area contributed by atoms with Crippen molar-refractivity contribution in [2.75, 3.05) is 48.0 Å². The molecule has 0 radical (unpaired) electrons. The number of nitrogens with one attached hydrogen (secondary N) is 1. The van der Waals surface area contributed by atoms with Crippen LogP contribution in [0.1, 0.15) is 10.4 Å². The van der Waals surface area contributed by atoms with Gasteiger partial charge in [-0.2, -0.15) is 0 Å². The minimum absolute atomic E-state index is 0.161. The lowest BCUT2D eigenvalue weighted by atomic mass is 10.1. The fraction of sp³-hybridized carbons (Fsp3) is 0.263. The average molecular weight is 427 g/mol. The van der Waals surface area contributed by atoms with E-state index in [9.17, 15) is 29.8 Å². The van der Waals surface area contributed by atoms with E-state index in [1.807, 2.05) is 0 Å². The summed E-state index contributed by atoms with van der Waals surface area (Å²) >= 11 is 0. The molecule has 2 aliphatic rings. The molecular formula is C19H17N5O7. The molecule has 2 aromatic rings. The largest absolute Gasteiger partial charge is 0.378 e. The summed E-state index contributed by atoms with van der Waals surface area (Å²) < 4.78 is 5.23. The Labute approximate surface area is 175 Å². The Morgan fingerprint density at radius 1 is 1.03 bits per heavy atom. The van der Waals surface area contributed by atoms with Crippen molar-refractivity contribution in [1.82, 2.24) is 0 Å². The Morgan fingerprint density at radius 3 is 2.26 bits per heavy atom. The average Bonchev–Trinajstić information content (AvgIpc) is 2.77. The first kappa shape index (κ1) is 20.2. The maximum absolute atomic E-state index is 13.2. The first-order valence-electron chi connectivity index (χ1n) is 9.37. The van der Waals surface area contributed by atoms with E-state index >= 15 is 0 Å². The van der Waals surface area contributed by atoms with Crippen LogP contribution in [0, 0.1) is 20.2 Å². The van der Waals surface area contributed by atoms with E-state index in [-0.39, 0.29) is 44.1 Å². The van der Waals surface area contributed by atoms with Crippen molar-refractivity contribution in [2.24, 2.45) is 0 Å². The zero-order valence-corrected chi connectivity index (χ0v) is 16.1. The molecule has 2 aromatic carbocycles. The van der Waals surface area contributed by atoms with Crippen LogP contribution in [0.4, 0.5) is 28.4 Å². The second-order valence-electron chi connectivity index (χ2n) is 6.93. The number of rotatable bonds is 4. The van der Waals surface area contributed by atoms with Crippen LogP contribution in [0.3, 0.4) is 0 Å². The van der Waals surface area contributed by atoms with Gasteiger partial charge in [0.25, 0.3) is 17.3 Å². The van der Waals surface area contributed by atoms with Crippen molar-refractivity contribution in [3.63, 3.8) is 0 Å². The first-order valence-corrected chi connectivity index (χ1v) is 9.37. The second-order valence-corrected chi connectivity index (χ2v) is 6.93. The number of anilines is 3. The molecule has 2 amide bonds. The number of nitro benzene ring substituents is 2. The lowest BCUT2D eigenvalue weighted by molar-refractivity contribution is -0.392. The number of ether oxygens (including phenoxy) is 1. The standard InChI is InChI=1S/C19H17N5O7/c25-17-11-22(14-4-2-1-3-13(14)20-17)19(26)12-9-15(23(27)28)18(16(10-12)24(29)30)21-5-7-31-8-6-21/h1-4,9-10H,5-8,11H2,(H,20,25). The molecule has 4 rings (SSSR count). The van der Waals surface area contributed by atoms with Gasteiger partial charge < -0.3 is 15.0 Å². The molecule has 1 fully saturated rings. The zero-order valence-electron chi connectivity index (χ0n) is 16.1. The zero-order chi connectivity index (χ0) is 22.1. The molecule has 12 heteroatoms. The molecule has 0 atom stereocenters. The molecular weight excluding hydrogens is 410 g/mol. The van der Waals surface area contributed by atoms with Crippen molar-refractivity contribution in [2.45, 2.75) is 0 Å². The van der Waals surface area contributed by atoms with E-state index in [1.54, 1.807) is 24.3 Å². The molecule has 1 N–H and O–H groups in total. The molecule has 0 aliphatic carbocycles. The van der Waals surface area contributed by atoms with Gasteiger partial charge in [-0.3, -0.25) is 34.7 Å². The number of amides is 2. The number of carbonyl (C=O) groups excluding carboxylic acids is 2. The SMILES string of the molecule is O=C1CN(C(=O)c2cc([N+](=O)[O-])c(N3CCOCC3)c([N+](=O)[O-])c2)c2ccccc2N1. The fourth-order valence-corrected chi connectivity index (χ4v) is 3.69. The Morgan fingerprint density at radius 2 is 1.65 bits per heavy atom. The third kappa shape index (κ3) is 3.75. The topological polar surface area (TPSA) is 148 Å². The minimum Gasteiger partial charge on any atom is -0.378 e. The molecule has 0 spiro atoms. The number of morpholine rings is 1. The van der Waals surface area contributed by atoms with E-state index in [2.05, 4.69) is 5.32 Å². The van der Waals surface area contributed by atoms with E-state index in [1.165, 1.54) is 4.90 Å². The molecule has 31 heavy (non-hydrogen) atoms. The molecule has 0 unspecified atom stereocenters. The van der Waals surface area contributed by atoms with Gasteiger partial charge in [-0.1, -0.05) is 12.1 Å². The van der Waals surface area contributed by atoms with Gasteiger partial charge in [0.2, 0.25) is 5.91 Å². The van der Waals surface area contributed by atoms with Crippen molar-refractivity contribution >= 4 is 40.3 Å². The lowest BCUT2D eigenvalue weighted by Gasteiger charge is -2.30. The summed E-state index contributed by atoms with van der Waals surface area (Å²) in [5, 5.41) is 26.2. The van der Waals surface area contributed by atoms with Gasteiger partial charge in [-0.05, 0) is 12.1 Å². The molecule has 0 bridgehead atoms. The van der Waals surface area contributed by atoms with E-state index in [4.69, 9.17) is 4.74 Å². The third-order valence-corrected chi connectivity index (χ3v) is 5.05. The van der Waals surface area contributed by atoms with Crippen LogP contribution in [0.25, 0.3) is 0 Å². The molecule has 2 heterocycles. The summed E-state index contributed by atoms with van der Waals surface area (Å²) in [7, 11) is 0. The number of para-hydroxylation sites is 2. The summed E-state index contributed by atoms with van der Waals surface area (Å²) in [5.41, 5.74) is -0.703. The first-order chi connectivity index (χ1) is 14.9. The highest BCUT2D eigenvalue weighted by Crippen LogP contribution is 2.40. The van der Waals surface area contributed by atoms with E-state index in [0.717, 1.165) is 17.0 Å². The van der Waals surface area contributed by atoms with Crippen molar-refractivity contribution in [3.05, 3.63) is 62.2 Å². The highest BCUT2D eigenvalue weighted by Gasteiger charge is 2.35. The van der Waals surface area contributed by atoms with Crippen LogP contribution in [-0.2, 0) is 9.53 Å². The third-order valence-electron chi connectivity index (χ3n) is 5.05. The number of carbonyl (C=O) groups is 2. The quantitative estimate of drug-likeness (QED) is 0.575. The second kappa shape index (κ2) is 7.99. The van der Waals surface area contributed by atoms with Gasteiger partial charge in [0.1, 0.15) is 6.54 Å². The number of hydrogen-bond acceptors (Lipinski definition) is 8. The van der Waals surface area contributed by atoms with Gasteiger partial charge in [0, 0.05) is 25.2 Å². The van der Waals surface area contributed by atoms with Crippen LogP contribution < -0.4 is 15.1 Å². The monoisotopic (exact) mass is 427 g/mol. The number of hydrogen-bond donors (Lipinski definition) is 1. The maximum atomic E-state index is 13.2. The van der Waals surface area contributed by atoms with Crippen LogP contribution >= 0.6 is 0 Å².